The molecule has 2 fully saturated rings. The van der Waals surface area contributed by atoms with E-state index in [4.69, 9.17) is 23.2 Å². The van der Waals surface area contributed by atoms with E-state index in [0.29, 0.717) is 24.3 Å². The van der Waals surface area contributed by atoms with Crippen LogP contribution in [0.5, 0.6) is 0 Å². The summed E-state index contributed by atoms with van der Waals surface area (Å²) in [5.74, 6) is 0.742. The number of piperazine rings is 1. The van der Waals surface area contributed by atoms with Crippen LogP contribution in [0.3, 0.4) is 0 Å². The fourth-order valence-corrected chi connectivity index (χ4v) is 8.41. The fourth-order valence-electron chi connectivity index (χ4n) is 8.16. The van der Waals surface area contributed by atoms with E-state index in [0.717, 1.165) is 68.5 Å². The van der Waals surface area contributed by atoms with Crippen molar-refractivity contribution in [1.82, 2.24) is 14.7 Å². The molecular formula is C40H43Cl2N3O. The first-order valence-corrected chi connectivity index (χ1v) is 17.6. The number of rotatable bonds is 6. The minimum absolute atomic E-state index is 0.0813. The van der Waals surface area contributed by atoms with E-state index in [1.807, 2.05) is 24.3 Å². The van der Waals surface area contributed by atoms with Gasteiger partial charge in [-0.05, 0) is 109 Å². The quantitative estimate of drug-likeness (QED) is 0.209. The van der Waals surface area contributed by atoms with Crippen LogP contribution in [0.1, 0.15) is 71.7 Å². The van der Waals surface area contributed by atoms with Crippen molar-refractivity contribution >= 4 is 29.1 Å². The number of likely N-dealkylation sites (tertiary alicyclic amines) is 1. The molecule has 4 aromatic rings. The smallest absolute Gasteiger partial charge is 0.223 e. The molecule has 2 saturated heterocycles. The fraction of sp³-hybridized carbons (Fsp3) is 0.375. The third-order valence-corrected chi connectivity index (χ3v) is 11.1. The van der Waals surface area contributed by atoms with E-state index in [1.54, 1.807) is 0 Å². The first-order chi connectivity index (χ1) is 22.4. The Balaban J connectivity index is 0.997. The summed E-state index contributed by atoms with van der Waals surface area (Å²) in [6.07, 6.45) is 4.97. The van der Waals surface area contributed by atoms with Crippen LogP contribution in [0.2, 0.25) is 10.0 Å². The summed E-state index contributed by atoms with van der Waals surface area (Å²) in [6.45, 7) is 6.64. The minimum Gasteiger partial charge on any atom is -0.337 e. The predicted octanol–water partition coefficient (Wildman–Crippen LogP) is 8.61. The SMILES string of the molecule is C[C@H]1CN(C(c2ccc(Cl)cc2)c2ccc(Cl)cc2)CCN1C(=O)CC1CCN(C2c3ccccc3CCc3ccccc32)CC1. The molecule has 46 heavy (non-hydrogen) atoms. The van der Waals surface area contributed by atoms with Gasteiger partial charge in [0.1, 0.15) is 0 Å². The third-order valence-electron chi connectivity index (χ3n) is 10.6. The van der Waals surface area contributed by atoms with E-state index >= 15 is 0 Å². The van der Waals surface area contributed by atoms with Gasteiger partial charge in [-0.3, -0.25) is 14.6 Å². The second-order valence-corrected chi connectivity index (χ2v) is 14.3. The second-order valence-electron chi connectivity index (χ2n) is 13.4. The molecule has 0 saturated carbocycles. The Labute approximate surface area is 283 Å². The van der Waals surface area contributed by atoms with E-state index in [-0.39, 0.29) is 12.1 Å². The molecule has 0 unspecified atom stereocenters. The number of hydrogen-bond donors (Lipinski definition) is 0. The number of fused-ring (bicyclic) bond motifs is 2. The molecule has 4 aromatic carbocycles. The summed E-state index contributed by atoms with van der Waals surface area (Å²) in [4.78, 5) is 21.1. The van der Waals surface area contributed by atoms with Gasteiger partial charge in [-0.25, -0.2) is 0 Å². The highest BCUT2D eigenvalue weighted by Crippen LogP contribution is 2.39. The third kappa shape index (κ3) is 6.64. The standard InChI is InChI=1S/C40H43Cl2N3O/c1-28-27-44(39(32-12-16-34(41)17-13-32)33-14-18-35(42)19-15-33)24-25-45(28)38(46)26-29-20-22-43(23-21-29)40-36-8-4-2-6-30(36)10-11-31-7-3-5-9-37(31)40/h2-9,12-19,28-29,39-40H,10-11,20-27H2,1H3/t28-/m0/s1. The molecule has 238 valence electrons. The lowest BCUT2D eigenvalue weighted by molar-refractivity contribution is -0.137. The lowest BCUT2D eigenvalue weighted by Gasteiger charge is -2.44. The lowest BCUT2D eigenvalue weighted by Crippen LogP contribution is -2.55. The largest absolute Gasteiger partial charge is 0.337 e. The molecule has 6 heteroatoms. The number of piperidine rings is 1. The van der Waals surface area contributed by atoms with Gasteiger partial charge in [-0.2, -0.15) is 0 Å². The number of carbonyl (C=O) groups is 1. The number of aryl methyl sites for hydroxylation is 2. The zero-order valence-corrected chi connectivity index (χ0v) is 28.1. The zero-order chi connectivity index (χ0) is 31.6. The molecule has 0 N–H and O–H groups in total. The second kappa shape index (κ2) is 13.9. The Morgan fingerprint density at radius 3 is 1.76 bits per heavy atom. The Morgan fingerprint density at radius 1 is 0.717 bits per heavy atom. The molecule has 0 radical (unpaired) electrons. The van der Waals surface area contributed by atoms with Crippen LogP contribution in [-0.4, -0.2) is 59.4 Å². The van der Waals surface area contributed by atoms with Gasteiger partial charge in [0.25, 0.3) is 0 Å². The molecule has 0 bridgehead atoms. The Hall–Kier alpha value is -3.15. The van der Waals surface area contributed by atoms with E-state index in [2.05, 4.69) is 94.4 Å². The normalized spacial score (nSPS) is 19.9. The Morgan fingerprint density at radius 2 is 1.24 bits per heavy atom. The lowest BCUT2D eigenvalue weighted by atomic mass is 9.88. The molecule has 1 amide bonds. The van der Waals surface area contributed by atoms with Crippen molar-refractivity contribution < 1.29 is 4.79 Å². The molecule has 1 atom stereocenters. The van der Waals surface area contributed by atoms with Gasteiger partial charge in [0.05, 0.1) is 12.1 Å². The molecule has 7 rings (SSSR count). The Kier molecular flexibility index (Phi) is 9.51. The van der Waals surface area contributed by atoms with Crippen molar-refractivity contribution in [3.63, 3.8) is 0 Å². The van der Waals surface area contributed by atoms with Gasteiger partial charge in [0.15, 0.2) is 0 Å². The predicted molar refractivity (Wildman–Crippen MR) is 189 cm³/mol. The van der Waals surface area contributed by atoms with Crippen molar-refractivity contribution in [3.8, 4) is 0 Å². The summed E-state index contributed by atoms with van der Waals surface area (Å²) < 4.78 is 0. The molecule has 1 aliphatic carbocycles. The average Bonchev–Trinajstić information content (AvgIpc) is 3.24. The maximum Gasteiger partial charge on any atom is 0.223 e. The highest BCUT2D eigenvalue weighted by molar-refractivity contribution is 6.30. The summed E-state index contributed by atoms with van der Waals surface area (Å²) in [7, 11) is 0. The maximum absolute atomic E-state index is 13.8. The number of benzene rings is 4. The summed E-state index contributed by atoms with van der Waals surface area (Å²) in [6, 6.07) is 34.9. The molecule has 2 heterocycles. The summed E-state index contributed by atoms with van der Waals surface area (Å²) >= 11 is 12.5. The van der Waals surface area contributed by atoms with Crippen molar-refractivity contribution in [1.29, 1.82) is 0 Å². The summed E-state index contributed by atoms with van der Waals surface area (Å²) in [5, 5.41) is 1.47. The van der Waals surface area contributed by atoms with Crippen LogP contribution in [0.15, 0.2) is 97.1 Å². The molecule has 0 aromatic heterocycles. The van der Waals surface area contributed by atoms with E-state index < -0.39 is 0 Å². The Bertz CT molecular complexity index is 1560. The topological polar surface area (TPSA) is 26.8 Å². The van der Waals surface area contributed by atoms with Crippen LogP contribution in [0, 0.1) is 5.92 Å². The van der Waals surface area contributed by atoms with Gasteiger partial charge in [0.2, 0.25) is 5.91 Å². The van der Waals surface area contributed by atoms with Gasteiger partial charge < -0.3 is 4.90 Å². The van der Waals surface area contributed by atoms with Crippen LogP contribution >= 0.6 is 23.2 Å². The average molecular weight is 653 g/mol. The summed E-state index contributed by atoms with van der Waals surface area (Å²) in [5.41, 5.74) is 8.27. The number of amides is 1. The molecule has 4 nitrogen and oxygen atoms in total. The first-order valence-electron chi connectivity index (χ1n) is 16.9. The number of carbonyl (C=O) groups excluding carboxylic acids is 1. The van der Waals surface area contributed by atoms with Crippen molar-refractivity contribution in [2.45, 2.75) is 57.2 Å². The number of nitrogens with zero attached hydrogens (tertiary/aromatic N) is 3. The van der Waals surface area contributed by atoms with E-state index in [9.17, 15) is 4.79 Å². The van der Waals surface area contributed by atoms with Gasteiger partial charge in [0, 0.05) is 42.1 Å². The van der Waals surface area contributed by atoms with Gasteiger partial charge in [-0.1, -0.05) is 96.0 Å². The van der Waals surface area contributed by atoms with Crippen molar-refractivity contribution in [3.05, 3.63) is 140 Å². The van der Waals surface area contributed by atoms with Crippen molar-refractivity contribution in [2.75, 3.05) is 32.7 Å². The van der Waals surface area contributed by atoms with Crippen LogP contribution in [-0.2, 0) is 17.6 Å². The van der Waals surface area contributed by atoms with Crippen LogP contribution in [0.25, 0.3) is 0 Å². The van der Waals surface area contributed by atoms with Crippen LogP contribution < -0.4 is 0 Å². The monoisotopic (exact) mass is 651 g/mol. The molecule has 0 spiro atoms. The maximum atomic E-state index is 13.8. The highest BCUT2D eigenvalue weighted by Gasteiger charge is 2.35. The highest BCUT2D eigenvalue weighted by atomic mass is 35.5. The minimum atomic E-state index is 0.0813. The van der Waals surface area contributed by atoms with Crippen molar-refractivity contribution in [2.24, 2.45) is 5.92 Å². The van der Waals surface area contributed by atoms with E-state index in [1.165, 1.54) is 33.4 Å². The molecular weight excluding hydrogens is 609 g/mol. The van der Waals surface area contributed by atoms with Crippen LogP contribution in [0.4, 0.5) is 0 Å². The molecule has 2 aliphatic heterocycles. The zero-order valence-electron chi connectivity index (χ0n) is 26.6. The number of hydrogen-bond acceptors (Lipinski definition) is 3. The first kappa shape index (κ1) is 31.4. The number of halogens is 2. The van der Waals surface area contributed by atoms with Gasteiger partial charge in [-0.15, -0.1) is 0 Å². The molecule has 3 aliphatic rings. The van der Waals surface area contributed by atoms with Gasteiger partial charge >= 0.3 is 0 Å².